The van der Waals surface area contributed by atoms with E-state index in [-0.39, 0.29) is 5.97 Å². The van der Waals surface area contributed by atoms with Crippen molar-refractivity contribution in [1.29, 1.82) is 0 Å². The van der Waals surface area contributed by atoms with Crippen molar-refractivity contribution in [3.8, 4) is 0 Å². The van der Waals surface area contributed by atoms with Gasteiger partial charge in [-0.2, -0.15) is 0 Å². The number of rotatable bonds is 1. The molecule has 0 atom stereocenters. The lowest BCUT2D eigenvalue weighted by Crippen LogP contribution is -1.95. The molecule has 0 heterocycles. The molecular formula is C10H12Br2O2. The van der Waals surface area contributed by atoms with Gasteiger partial charge in [0.05, 0.1) is 6.61 Å². The summed E-state index contributed by atoms with van der Waals surface area (Å²) in [5.74, 6) is -0.211. The lowest BCUT2D eigenvalue weighted by atomic mass is 10.4. The molecule has 0 saturated heterocycles. The van der Waals surface area contributed by atoms with Crippen LogP contribution in [0.5, 0.6) is 0 Å². The molecule has 0 aliphatic rings. The van der Waals surface area contributed by atoms with Gasteiger partial charge >= 0.3 is 5.97 Å². The Kier molecular flexibility index (Phi) is 7.80. The second-order valence-corrected chi connectivity index (χ2v) is 4.05. The average Bonchev–Trinajstić information content (AvgIpc) is 2.11. The van der Waals surface area contributed by atoms with Crippen molar-refractivity contribution in [2.45, 2.75) is 13.8 Å². The molecule has 1 rings (SSSR count). The summed E-state index contributed by atoms with van der Waals surface area (Å²) in [6.07, 6.45) is 0. The summed E-state index contributed by atoms with van der Waals surface area (Å²) in [6.45, 7) is 3.65. The largest absolute Gasteiger partial charge is 0.466 e. The van der Waals surface area contributed by atoms with E-state index < -0.39 is 0 Å². The predicted molar refractivity (Wildman–Crippen MR) is 64.1 cm³/mol. The number of hydrogen-bond donors (Lipinski definition) is 0. The Morgan fingerprint density at radius 3 is 1.86 bits per heavy atom. The highest BCUT2D eigenvalue weighted by molar-refractivity contribution is 9.13. The molecule has 78 valence electrons. The quantitative estimate of drug-likeness (QED) is 0.735. The summed E-state index contributed by atoms with van der Waals surface area (Å²) in [5.41, 5.74) is 0. The van der Waals surface area contributed by atoms with Crippen molar-refractivity contribution in [3.05, 3.63) is 33.2 Å². The average molecular weight is 324 g/mol. The van der Waals surface area contributed by atoms with E-state index in [1.807, 2.05) is 24.3 Å². The van der Waals surface area contributed by atoms with Gasteiger partial charge in [0.1, 0.15) is 0 Å². The summed E-state index contributed by atoms with van der Waals surface area (Å²) >= 11 is 6.70. The summed E-state index contributed by atoms with van der Waals surface area (Å²) in [4.78, 5) is 9.82. The number of carbonyl (C=O) groups excluding carboxylic acids is 1. The molecule has 4 heteroatoms. The molecule has 0 aromatic heterocycles. The third-order valence-electron chi connectivity index (χ3n) is 1.17. The second kappa shape index (κ2) is 8.00. The highest BCUT2D eigenvalue weighted by atomic mass is 79.9. The Labute approximate surface area is 101 Å². The lowest BCUT2D eigenvalue weighted by Gasteiger charge is -1.89. The Bertz CT molecular complexity index is 266. The van der Waals surface area contributed by atoms with Gasteiger partial charge in [0.25, 0.3) is 0 Å². The Balaban J connectivity index is 0.000000255. The van der Waals surface area contributed by atoms with Crippen molar-refractivity contribution in [3.63, 3.8) is 0 Å². The molecule has 0 saturated carbocycles. The predicted octanol–water partition coefficient (Wildman–Crippen LogP) is 3.78. The SMILES string of the molecule is Brc1ccccc1Br.CCOC(C)=O. The van der Waals surface area contributed by atoms with E-state index in [0.29, 0.717) is 6.61 Å². The number of benzene rings is 1. The molecule has 0 aliphatic heterocycles. The zero-order valence-corrected chi connectivity index (χ0v) is 11.3. The molecule has 0 N–H and O–H groups in total. The zero-order chi connectivity index (χ0) is 11.0. The fourth-order valence-electron chi connectivity index (χ4n) is 0.643. The minimum Gasteiger partial charge on any atom is -0.466 e. The summed E-state index contributed by atoms with van der Waals surface area (Å²) in [6, 6.07) is 7.94. The van der Waals surface area contributed by atoms with E-state index in [0.717, 1.165) is 8.95 Å². The first-order chi connectivity index (χ1) is 6.57. The number of hydrogen-bond acceptors (Lipinski definition) is 2. The smallest absolute Gasteiger partial charge is 0.302 e. The fourth-order valence-corrected chi connectivity index (χ4v) is 1.21. The molecule has 14 heavy (non-hydrogen) atoms. The highest BCUT2D eigenvalue weighted by Crippen LogP contribution is 2.20. The van der Waals surface area contributed by atoms with Gasteiger partial charge in [0.2, 0.25) is 0 Å². The number of carbonyl (C=O) groups is 1. The molecule has 1 aromatic rings. The molecular weight excluding hydrogens is 312 g/mol. The minimum atomic E-state index is -0.211. The first-order valence-electron chi connectivity index (χ1n) is 4.11. The topological polar surface area (TPSA) is 26.3 Å². The van der Waals surface area contributed by atoms with E-state index in [4.69, 9.17) is 0 Å². The van der Waals surface area contributed by atoms with Crippen molar-refractivity contribution < 1.29 is 9.53 Å². The molecule has 1 aromatic carbocycles. The van der Waals surface area contributed by atoms with Gasteiger partial charge in [-0.25, -0.2) is 0 Å². The normalized spacial score (nSPS) is 8.57. The van der Waals surface area contributed by atoms with Crippen LogP contribution in [0.1, 0.15) is 13.8 Å². The molecule has 0 radical (unpaired) electrons. The molecule has 0 amide bonds. The van der Waals surface area contributed by atoms with Crippen molar-refractivity contribution in [1.82, 2.24) is 0 Å². The van der Waals surface area contributed by atoms with E-state index in [2.05, 4.69) is 36.6 Å². The molecule has 0 unspecified atom stereocenters. The van der Waals surface area contributed by atoms with Crippen LogP contribution in [0.3, 0.4) is 0 Å². The second-order valence-electron chi connectivity index (χ2n) is 2.34. The van der Waals surface area contributed by atoms with E-state index in [1.165, 1.54) is 6.92 Å². The van der Waals surface area contributed by atoms with E-state index in [9.17, 15) is 4.79 Å². The van der Waals surface area contributed by atoms with Gasteiger partial charge in [-0.1, -0.05) is 12.1 Å². The Hall–Kier alpha value is -0.350. The maximum atomic E-state index is 9.82. The summed E-state index contributed by atoms with van der Waals surface area (Å²) in [5, 5.41) is 0. The van der Waals surface area contributed by atoms with Gasteiger partial charge in [0, 0.05) is 15.9 Å². The zero-order valence-electron chi connectivity index (χ0n) is 8.09. The maximum Gasteiger partial charge on any atom is 0.302 e. The van der Waals surface area contributed by atoms with Gasteiger partial charge in [-0.05, 0) is 50.9 Å². The van der Waals surface area contributed by atoms with Crippen LogP contribution >= 0.6 is 31.9 Å². The third-order valence-corrected chi connectivity index (χ3v) is 3.09. The molecule has 0 aliphatic carbocycles. The first-order valence-corrected chi connectivity index (χ1v) is 5.70. The number of ether oxygens (including phenoxy) is 1. The Morgan fingerprint density at radius 2 is 1.71 bits per heavy atom. The van der Waals surface area contributed by atoms with Crippen LogP contribution in [0.15, 0.2) is 33.2 Å². The van der Waals surface area contributed by atoms with Crippen molar-refractivity contribution in [2.24, 2.45) is 0 Å². The summed E-state index contributed by atoms with van der Waals surface area (Å²) in [7, 11) is 0. The monoisotopic (exact) mass is 322 g/mol. The van der Waals surface area contributed by atoms with Crippen LogP contribution in [0, 0.1) is 0 Å². The van der Waals surface area contributed by atoms with Gasteiger partial charge in [0.15, 0.2) is 0 Å². The third kappa shape index (κ3) is 7.09. The lowest BCUT2D eigenvalue weighted by molar-refractivity contribution is -0.140. The molecule has 0 spiro atoms. The first kappa shape index (κ1) is 13.7. The molecule has 2 nitrogen and oxygen atoms in total. The fraction of sp³-hybridized carbons (Fsp3) is 0.300. The number of esters is 1. The highest BCUT2D eigenvalue weighted by Gasteiger charge is 1.88. The van der Waals surface area contributed by atoms with Crippen LogP contribution in [-0.2, 0) is 9.53 Å². The van der Waals surface area contributed by atoms with E-state index in [1.54, 1.807) is 6.92 Å². The van der Waals surface area contributed by atoms with Crippen molar-refractivity contribution in [2.75, 3.05) is 6.61 Å². The molecule has 0 bridgehead atoms. The van der Waals surface area contributed by atoms with Crippen LogP contribution in [-0.4, -0.2) is 12.6 Å². The maximum absolute atomic E-state index is 9.82. The van der Waals surface area contributed by atoms with E-state index >= 15 is 0 Å². The minimum absolute atomic E-state index is 0.211. The molecule has 0 fully saturated rings. The number of halogens is 2. The van der Waals surface area contributed by atoms with Crippen LogP contribution < -0.4 is 0 Å². The van der Waals surface area contributed by atoms with Gasteiger partial charge in [-0.15, -0.1) is 0 Å². The van der Waals surface area contributed by atoms with Crippen molar-refractivity contribution >= 4 is 37.8 Å². The van der Waals surface area contributed by atoms with Crippen LogP contribution in [0.25, 0.3) is 0 Å². The summed E-state index contributed by atoms with van der Waals surface area (Å²) < 4.78 is 6.60. The van der Waals surface area contributed by atoms with Gasteiger partial charge in [-0.3, -0.25) is 4.79 Å². The van der Waals surface area contributed by atoms with Crippen LogP contribution in [0.4, 0.5) is 0 Å². The Morgan fingerprint density at radius 1 is 1.29 bits per heavy atom. The standard InChI is InChI=1S/C6H4Br2.C4H8O2/c7-5-3-1-2-4-6(5)8;1-3-6-4(2)5/h1-4H;3H2,1-2H3. The van der Waals surface area contributed by atoms with Crippen LogP contribution in [0.2, 0.25) is 0 Å². The van der Waals surface area contributed by atoms with Gasteiger partial charge < -0.3 is 4.74 Å².